The number of piperazine rings is 1. The van der Waals surface area contributed by atoms with Crippen molar-refractivity contribution in [1.82, 2.24) is 23.8 Å². The van der Waals surface area contributed by atoms with E-state index in [0.29, 0.717) is 18.8 Å². The summed E-state index contributed by atoms with van der Waals surface area (Å²) in [5.41, 5.74) is 1.30. The highest BCUT2D eigenvalue weighted by atomic mass is 32.2. The Labute approximate surface area is 192 Å². The Kier molecular flexibility index (Phi) is 7.95. The zero-order valence-corrected chi connectivity index (χ0v) is 19.6. The molecule has 0 spiro atoms. The molecule has 1 saturated heterocycles. The molecule has 1 aromatic carbocycles. The highest BCUT2D eigenvalue weighted by Crippen LogP contribution is 2.20. The fraction of sp³-hybridized carbons (Fsp3) is 0.429. The Morgan fingerprint density at radius 3 is 2.42 bits per heavy atom. The van der Waals surface area contributed by atoms with Gasteiger partial charge in [-0.1, -0.05) is 6.07 Å². The smallest absolute Gasteiger partial charge is 0.319 e. The standard InChI is InChI=1S/C21H28F2N6O3S/c1-15-4-6-17(12-24-15)26-21(30)25-13-18-19(22)7-5-16(20(18)23)14-28-8-10-29(11-9-28)33(31,32)27(2)3/h4-7,12H,8-11,13-14H2,1-3H3,(H2,25,26,30). The molecule has 1 aliphatic heterocycles. The first-order chi connectivity index (χ1) is 15.6. The van der Waals surface area contributed by atoms with Crippen LogP contribution >= 0.6 is 0 Å². The number of nitrogens with zero attached hydrogens (tertiary/aromatic N) is 4. The zero-order chi connectivity index (χ0) is 24.2. The van der Waals surface area contributed by atoms with Gasteiger partial charge in [-0.2, -0.15) is 17.0 Å². The highest BCUT2D eigenvalue weighted by Gasteiger charge is 2.29. The number of aryl methyl sites for hydroxylation is 1. The summed E-state index contributed by atoms with van der Waals surface area (Å²) < 4.78 is 56.3. The predicted octanol–water partition coefficient (Wildman–Crippen LogP) is 1.91. The molecule has 2 N–H and O–H groups in total. The molecule has 0 aliphatic carbocycles. The molecule has 2 amide bonds. The van der Waals surface area contributed by atoms with Gasteiger partial charge in [-0.15, -0.1) is 0 Å². The topological polar surface area (TPSA) is 97.9 Å². The summed E-state index contributed by atoms with van der Waals surface area (Å²) in [5.74, 6) is -1.48. The quantitative estimate of drug-likeness (QED) is 0.629. The lowest BCUT2D eigenvalue weighted by molar-refractivity contribution is 0.175. The fourth-order valence-electron chi connectivity index (χ4n) is 3.41. The maximum atomic E-state index is 15.0. The van der Waals surface area contributed by atoms with Crippen LogP contribution in [0.2, 0.25) is 0 Å². The van der Waals surface area contributed by atoms with Crippen LogP contribution in [0.4, 0.5) is 19.3 Å². The van der Waals surface area contributed by atoms with Crippen molar-refractivity contribution in [2.45, 2.75) is 20.0 Å². The summed E-state index contributed by atoms with van der Waals surface area (Å²) in [7, 11) is -0.540. The minimum Gasteiger partial charge on any atom is -0.334 e. The van der Waals surface area contributed by atoms with Crippen LogP contribution in [-0.2, 0) is 23.3 Å². The van der Waals surface area contributed by atoms with E-state index >= 15 is 4.39 Å². The summed E-state index contributed by atoms with van der Waals surface area (Å²) in [5, 5.41) is 5.02. The first-order valence-electron chi connectivity index (χ1n) is 10.4. The van der Waals surface area contributed by atoms with Gasteiger partial charge < -0.3 is 10.6 Å². The number of anilines is 1. The molecule has 0 unspecified atom stereocenters. The molecule has 180 valence electrons. The second-order valence-electron chi connectivity index (χ2n) is 7.96. The van der Waals surface area contributed by atoms with Crippen LogP contribution in [0.1, 0.15) is 16.8 Å². The minimum absolute atomic E-state index is 0.205. The molecule has 2 aromatic rings. The number of carbonyl (C=O) groups is 1. The van der Waals surface area contributed by atoms with E-state index < -0.39 is 27.9 Å². The van der Waals surface area contributed by atoms with Crippen LogP contribution in [0.15, 0.2) is 30.5 Å². The molecule has 33 heavy (non-hydrogen) atoms. The number of aromatic nitrogens is 1. The molecule has 2 heterocycles. The number of nitrogens with one attached hydrogen (secondary N) is 2. The average Bonchev–Trinajstić information content (AvgIpc) is 2.77. The molecule has 1 aromatic heterocycles. The Morgan fingerprint density at radius 1 is 1.12 bits per heavy atom. The van der Waals surface area contributed by atoms with E-state index in [1.54, 1.807) is 12.1 Å². The van der Waals surface area contributed by atoms with Crippen LogP contribution in [0.25, 0.3) is 0 Å². The second kappa shape index (κ2) is 10.5. The number of amides is 2. The van der Waals surface area contributed by atoms with E-state index in [1.165, 1.54) is 36.7 Å². The van der Waals surface area contributed by atoms with Crippen molar-refractivity contribution in [3.05, 3.63) is 58.9 Å². The molecule has 12 heteroatoms. The van der Waals surface area contributed by atoms with E-state index in [9.17, 15) is 17.6 Å². The Bertz CT molecular complexity index is 1090. The summed E-state index contributed by atoms with van der Waals surface area (Å²) in [6.07, 6.45) is 1.49. The maximum Gasteiger partial charge on any atom is 0.319 e. The number of urea groups is 1. The first-order valence-corrected chi connectivity index (χ1v) is 11.8. The predicted molar refractivity (Wildman–Crippen MR) is 121 cm³/mol. The molecule has 1 fully saturated rings. The molecule has 3 rings (SSSR count). The van der Waals surface area contributed by atoms with Gasteiger partial charge in [0.1, 0.15) is 11.6 Å². The van der Waals surface area contributed by atoms with Crippen molar-refractivity contribution in [3.63, 3.8) is 0 Å². The van der Waals surface area contributed by atoms with Crippen LogP contribution in [-0.4, -0.2) is 73.2 Å². The number of hydrogen-bond acceptors (Lipinski definition) is 5. The average molecular weight is 483 g/mol. The monoisotopic (exact) mass is 482 g/mol. The maximum absolute atomic E-state index is 15.0. The number of pyridine rings is 1. The van der Waals surface area contributed by atoms with Crippen molar-refractivity contribution in [3.8, 4) is 0 Å². The lowest BCUT2D eigenvalue weighted by Crippen LogP contribution is -2.51. The van der Waals surface area contributed by atoms with Crippen LogP contribution in [0, 0.1) is 18.6 Å². The number of halogens is 2. The molecule has 0 bridgehead atoms. The lowest BCUT2D eigenvalue weighted by atomic mass is 10.1. The van der Waals surface area contributed by atoms with Crippen molar-refractivity contribution >= 4 is 21.9 Å². The van der Waals surface area contributed by atoms with Gasteiger partial charge >= 0.3 is 6.03 Å². The Balaban J connectivity index is 1.59. The van der Waals surface area contributed by atoms with Gasteiger partial charge in [0.25, 0.3) is 10.2 Å². The van der Waals surface area contributed by atoms with Gasteiger partial charge in [-0.3, -0.25) is 9.88 Å². The Hall–Kier alpha value is -2.67. The summed E-state index contributed by atoms with van der Waals surface area (Å²) in [6, 6.07) is 5.34. The van der Waals surface area contributed by atoms with E-state index in [2.05, 4.69) is 15.6 Å². The SMILES string of the molecule is Cc1ccc(NC(=O)NCc2c(F)ccc(CN3CCN(S(=O)(=O)N(C)C)CC3)c2F)cn1. The van der Waals surface area contributed by atoms with Crippen LogP contribution < -0.4 is 10.6 Å². The van der Waals surface area contributed by atoms with Crippen molar-refractivity contribution in [1.29, 1.82) is 0 Å². The van der Waals surface area contributed by atoms with Gasteiger partial charge in [-0.25, -0.2) is 13.6 Å². The van der Waals surface area contributed by atoms with Crippen molar-refractivity contribution in [2.75, 3.05) is 45.6 Å². The number of rotatable bonds is 7. The molecule has 9 nitrogen and oxygen atoms in total. The summed E-state index contributed by atoms with van der Waals surface area (Å²) in [6.45, 7) is 3.10. The minimum atomic E-state index is -3.49. The largest absolute Gasteiger partial charge is 0.334 e. The molecule has 0 saturated carbocycles. The van der Waals surface area contributed by atoms with E-state index in [0.717, 1.165) is 10.00 Å². The third-order valence-electron chi connectivity index (χ3n) is 5.37. The molecular weight excluding hydrogens is 454 g/mol. The third-order valence-corrected chi connectivity index (χ3v) is 7.31. The summed E-state index contributed by atoms with van der Waals surface area (Å²) in [4.78, 5) is 18.1. The van der Waals surface area contributed by atoms with Gasteiger partial charge in [0.05, 0.1) is 18.4 Å². The van der Waals surface area contributed by atoms with Gasteiger partial charge in [-0.05, 0) is 25.1 Å². The number of hydrogen-bond donors (Lipinski definition) is 2. The fourth-order valence-corrected chi connectivity index (χ4v) is 4.49. The van der Waals surface area contributed by atoms with E-state index in [4.69, 9.17) is 0 Å². The van der Waals surface area contributed by atoms with Crippen molar-refractivity contribution < 1.29 is 22.0 Å². The zero-order valence-electron chi connectivity index (χ0n) is 18.8. The molecule has 0 radical (unpaired) electrons. The van der Waals surface area contributed by atoms with Gasteiger partial charge in [0, 0.05) is 63.6 Å². The molecule has 0 atom stereocenters. The summed E-state index contributed by atoms with van der Waals surface area (Å²) >= 11 is 0. The normalized spacial score (nSPS) is 15.6. The third kappa shape index (κ3) is 6.22. The second-order valence-corrected chi connectivity index (χ2v) is 10.1. The Morgan fingerprint density at radius 2 is 1.82 bits per heavy atom. The molecule has 1 aliphatic rings. The van der Waals surface area contributed by atoms with E-state index in [1.807, 2.05) is 11.8 Å². The highest BCUT2D eigenvalue weighted by molar-refractivity contribution is 7.86. The number of benzene rings is 1. The van der Waals surface area contributed by atoms with Crippen LogP contribution in [0.5, 0.6) is 0 Å². The van der Waals surface area contributed by atoms with Gasteiger partial charge in [0.2, 0.25) is 0 Å². The molecular formula is C21H28F2N6O3S. The van der Waals surface area contributed by atoms with Gasteiger partial charge in [0.15, 0.2) is 0 Å². The first kappa shape index (κ1) is 25.0. The van der Waals surface area contributed by atoms with Crippen LogP contribution in [0.3, 0.4) is 0 Å². The lowest BCUT2D eigenvalue weighted by Gasteiger charge is -2.35. The number of carbonyl (C=O) groups excluding carboxylic acids is 1. The van der Waals surface area contributed by atoms with E-state index in [-0.39, 0.29) is 37.3 Å². The van der Waals surface area contributed by atoms with Crippen molar-refractivity contribution in [2.24, 2.45) is 0 Å².